The molecule has 0 fully saturated rings. The zero-order valence-corrected chi connectivity index (χ0v) is 11.4. The average molecular weight is 262 g/mol. The summed E-state index contributed by atoms with van der Waals surface area (Å²) in [6.07, 6.45) is 5.96. The van der Waals surface area contributed by atoms with E-state index in [9.17, 15) is 0 Å². The summed E-state index contributed by atoms with van der Waals surface area (Å²) in [5.74, 6) is 6.54. The molecule has 2 rings (SSSR count). The topological polar surface area (TPSA) is 56.5 Å². The SMILES string of the molecule is COc1ccc(CCC(NN)C2=COCCC2)cc1. The molecule has 1 aromatic carbocycles. The van der Waals surface area contributed by atoms with E-state index < -0.39 is 0 Å². The lowest BCUT2D eigenvalue weighted by atomic mass is 9.96. The second-order valence-corrected chi connectivity index (χ2v) is 4.77. The van der Waals surface area contributed by atoms with Crippen molar-refractivity contribution in [3.05, 3.63) is 41.7 Å². The van der Waals surface area contributed by atoms with Gasteiger partial charge in [-0.2, -0.15) is 0 Å². The Morgan fingerprint density at radius 1 is 1.37 bits per heavy atom. The molecule has 0 saturated heterocycles. The second-order valence-electron chi connectivity index (χ2n) is 4.77. The van der Waals surface area contributed by atoms with Crippen LogP contribution in [0.2, 0.25) is 0 Å². The van der Waals surface area contributed by atoms with Gasteiger partial charge in [0.2, 0.25) is 0 Å². The van der Waals surface area contributed by atoms with Crippen molar-refractivity contribution in [3.8, 4) is 5.75 Å². The van der Waals surface area contributed by atoms with Crippen molar-refractivity contribution >= 4 is 0 Å². The van der Waals surface area contributed by atoms with E-state index in [1.165, 1.54) is 11.1 Å². The average Bonchev–Trinajstić information content (AvgIpc) is 2.49. The Morgan fingerprint density at radius 2 is 2.16 bits per heavy atom. The predicted molar refractivity (Wildman–Crippen MR) is 75.7 cm³/mol. The van der Waals surface area contributed by atoms with Gasteiger partial charge in [-0.05, 0) is 49.0 Å². The summed E-state index contributed by atoms with van der Waals surface area (Å²) < 4.78 is 10.5. The summed E-state index contributed by atoms with van der Waals surface area (Å²) >= 11 is 0. The predicted octanol–water partition coefficient (Wildman–Crippen LogP) is 2.15. The number of rotatable bonds is 6. The van der Waals surface area contributed by atoms with E-state index in [0.29, 0.717) is 0 Å². The second kappa shape index (κ2) is 7.16. The van der Waals surface area contributed by atoms with Gasteiger partial charge in [-0.3, -0.25) is 11.3 Å². The van der Waals surface area contributed by atoms with Gasteiger partial charge in [-0.1, -0.05) is 12.1 Å². The molecule has 1 heterocycles. The van der Waals surface area contributed by atoms with E-state index >= 15 is 0 Å². The van der Waals surface area contributed by atoms with Crippen LogP contribution >= 0.6 is 0 Å². The maximum absolute atomic E-state index is 5.65. The molecule has 4 heteroatoms. The highest BCUT2D eigenvalue weighted by atomic mass is 16.5. The van der Waals surface area contributed by atoms with Gasteiger partial charge >= 0.3 is 0 Å². The number of methoxy groups -OCH3 is 1. The number of nitrogens with one attached hydrogen (secondary N) is 1. The molecule has 0 spiro atoms. The monoisotopic (exact) mass is 262 g/mol. The van der Waals surface area contributed by atoms with Crippen LogP contribution in [0.3, 0.4) is 0 Å². The standard InChI is InChI=1S/C15H22N2O2/c1-18-14-7-4-12(5-8-14)6-9-15(17-16)13-3-2-10-19-11-13/h4-5,7-8,11,15,17H,2-3,6,9-10,16H2,1H3. The van der Waals surface area contributed by atoms with Gasteiger partial charge in [0, 0.05) is 6.04 Å². The fraction of sp³-hybridized carbons (Fsp3) is 0.467. The van der Waals surface area contributed by atoms with Gasteiger partial charge in [0.1, 0.15) is 5.75 Å². The number of benzene rings is 1. The first kappa shape index (κ1) is 13.9. The Balaban J connectivity index is 1.89. The minimum absolute atomic E-state index is 0.197. The van der Waals surface area contributed by atoms with Crippen LogP contribution in [0.25, 0.3) is 0 Å². The molecule has 0 aliphatic carbocycles. The van der Waals surface area contributed by atoms with Gasteiger partial charge in [0.15, 0.2) is 0 Å². The van der Waals surface area contributed by atoms with Crippen LogP contribution in [0, 0.1) is 0 Å². The van der Waals surface area contributed by atoms with E-state index in [-0.39, 0.29) is 6.04 Å². The van der Waals surface area contributed by atoms with Crippen molar-refractivity contribution < 1.29 is 9.47 Å². The number of hydrogen-bond donors (Lipinski definition) is 2. The molecular weight excluding hydrogens is 240 g/mol. The van der Waals surface area contributed by atoms with Gasteiger partial charge in [-0.15, -0.1) is 0 Å². The van der Waals surface area contributed by atoms with Crippen molar-refractivity contribution in [1.82, 2.24) is 5.43 Å². The summed E-state index contributed by atoms with van der Waals surface area (Å²) in [5, 5.41) is 0. The zero-order chi connectivity index (χ0) is 13.5. The molecule has 1 atom stereocenters. The van der Waals surface area contributed by atoms with Crippen LogP contribution in [0.1, 0.15) is 24.8 Å². The Hall–Kier alpha value is -1.52. The lowest BCUT2D eigenvalue weighted by Gasteiger charge is -2.22. The van der Waals surface area contributed by atoms with Crippen molar-refractivity contribution in [3.63, 3.8) is 0 Å². The number of hydrazine groups is 1. The van der Waals surface area contributed by atoms with E-state index in [2.05, 4.69) is 17.6 Å². The van der Waals surface area contributed by atoms with Crippen LogP contribution in [-0.2, 0) is 11.2 Å². The molecule has 0 aromatic heterocycles. The third-order valence-electron chi connectivity index (χ3n) is 3.49. The molecule has 1 aromatic rings. The molecule has 1 aliphatic rings. The third-order valence-corrected chi connectivity index (χ3v) is 3.49. The number of ether oxygens (including phenoxy) is 2. The quantitative estimate of drug-likeness (QED) is 0.609. The fourth-order valence-electron chi connectivity index (χ4n) is 2.32. The molecular formula is C15H22N2O2. The highest BCUT2D eigenvalue weighted by Crippen LogP contribution is 2.20. The summed E-state index contributed by atoms with van der Waals surface area (Å²) in [5.41, 5.74) is 5.45. The molecule has 1 aliphatic heterocycles. The summed E-state index contributed by atoms with van der Waals surface area (Å²) in [6.45, 7) is 0.819. The van der Waals surface area contributed by atoms with E-state index in [0.717, 1.165) is 38.0 Å². The van der Waals surface area contributed by atoms with E-state index in [1.54, 1.807) is 7.11 Å². The van der Waals surface area contributed by atoms with Crippen molar-refractivity contribution in [2.24, 2.45) is 5.84 Å². The summed E-state index contributed by atoms with van der Waals surface area (Å²) in [6, 6.07) is 8.37. The molecule has 0 radical (unpaired) electrons. The number of nitrogens with two attached hydrogens (primary N) is 1. The Bertz CT molecular complexity index is 415. The summed E-state index contributed by atoms with van der Waals surface area (Å²) in [4.78, 5) is 0. The molecule has 3 N–H and O–H groups in total. The number of aryl methyl sites for hydroxylation is 1. The minimum Gasteiger partial charge on any atom is -0.501 e. The zero-order valence-electron chi connectivity index (χ0n) is 11.4. The first-order valence-corrected chi connectivity index (χ1v) is 6.73. The van der Waals surface area contributed by atoms with Crippen molar-refractivity contribution in [2.75, 3.05) is 13.7 Å². The lowest BCUT2D eigenvalue weighted by Crippen LogP contribution is -2.37. The minimum atomic E-state index is 0.197. The van der Waals surface area contributed by atoms with Gasteiger partial charge in [0.25, 0.3) is 0 Å². The van der Waals surface area contributed by atoms with Gasteiger partial charge in [0.05, 0.1) is 20.0 Å². The third kappa shape index (κ3) is 3.98. The van der Waals surface area contributed by atoms with Crippen molar-refractivity contribution in [1.29, 1.82) is 0 Å². The highest BCUT2D eigenvalue weighted by Gasteiger charge is 2.15. The first-order chi connectivity index (χ1) is 9.33. The van der Waals surface area contributed by atoms with E-state index in [4.69, 9.17) is 15.3 Å². The maximum atomic E-state index is 5.65. The Labute approximate surface area is 114 Å². The van der Waals surface area contributed by atoms with Crippen LogP contribution < -0.4 is 16.0 Å². The van der Waals surface area contributed by atoms with Crippen LogP contribution in [0.4, 0.5) is 0 Å². The van der Waals surface area contributed by atoms with Gasteiger partial charge in [-0.25, -0.2) is 0 Å². The molecule has 0 amide bonds. The molecule has 1 unspecified atom stereocenters. The molecule has 4 nitrogen and oxygen atoms in total. The normalized spacial score (nSPS) is 16.4. The Morgan fingerprint density at radius 3 is 2.74 bits per heavy atom. The van der Waals surface area contributed by atoms with Crippen LogP contribution in [0.5, 0.6) is 5.75 Å². The van der Waals surface area contributed by atoms with Crippen LogP contribution in [0.15, 0.2) is 36.1 Å². The first-order valence-electron chi connectivity index (χ1n) is 6.73. The highest BCUT2D eigenvalue weighted by molar-refractivity contribution is 5.27. The van der Waals surface area contributed by atoms with E-state index in [1.807, 2.05) is 18.4 Å². The number of hydrogen-bond acceptors (Lipinski definition) is 4. The maximum Gasteiger partial charge on any atom is 0.118 e. The van der Waals surface area contributed by atoms with Gasteiger partial charge < -0.3 is 9.47 Å². The summed E-state index contributed by atoms with van der Waals surface area (Å²) in [7, 11) is 1.68. The smallest absolute Gasteiger partial charge is 0.118 e. The fourth-order valence-corrected chi connectivity index (χ4v) is 2.32. The van der Waals surface area contributed by atoms with Crippen molar-refractivity contribution in [2.45, 2.75) is 31.7 Å². The molecule has 104 valence electrons. The van der Waals surface area contributed by atoms with Crippen LogP contribution in [-0.4, -0.2) is 19.8 Å². The Kier molecular flexibility index (Phi) is 5.24. The molecule has 19 heavy (non-hydrogen) atoms. The lowest BCUT2D eigenvalue weighted by molar-refractivity contribution is 0.218. The molecule has 0 saturated carbocycles. The largest absolute Gasteiger partial charge is 0.501 e. The molecule has 0 bridgehead atoms.